The van der Waals surface area contributed by atoms with Crippen LogP contribution in [0.5, 0.6) is 0 Å². The molecule has 4 rings (SSSR count). The number of hydrogen-bond acceptors (Lipinski definition) is 1. The van der Waals surface area contributed by atoms with Gasteiger partial charge in [0.05, 0.1) is 0 Å². The van der Waals surface area contributed by atoms with Gasteiger partial charge in [-0.2, -0.15) is 0 Å². The zero-order valence-corrected chi connectivity index (χ0v) is 13.1. The van der Waals surface area contributed by atoms with E-state index in [4.69, 9.17) is 0 Å². The molecule has 0 N–H and O–H groups in total. The van der Waals surface area contributed by atoms with E-state index in [0.717, 1.165) is 24.7 Å². The predicted octanol–water partition coefficient (Wildman–Crippen LogP) is 4.43. The van der Waals surface area contributed by atoms with Gasteiger partial charge in [-0.25, -0.2) is 0 Å². The summed E-state index contributed by atoms with van der Waals surface area (Å²) >= 11 is 0. The van der Waals surface area contributed by atoms with Crippen LogP contribution in [0.15, 0.2) is 36.0 Å². The van der Waals surface area contributed by atoms with E-state index in [2.05, 4.69) is 42.7 Å². The first kappa shape index (κ1) is 13.2. The predicted molar refractivity (Wildman–Crippen MR) is 89.0 cm³/mol. The van der Waals surface area contributed by atoms with Gasteiger partial charge in [0.1, 0.15) is 0 Å². The van der Waals surface area contributed by atoms with Gasteiger partial charge in [-0.15, -0.1) is 0 Å². The van der Waals surface area contributed by atoms with Crippen molar-refractivity contribution in [2.45, 2.75) is 39.0 Å². The zero-order chi connectivity index (χ0) is 14.4. The van der Waals surface area contributed by atoms with E-state index < -0.39 is 0 Å². The van der Waals surface area contributed by atoms with Gasteiger partial charge >= 0.3 is 0 Å². The lowest BCUT2D eigenvalue weighted by molar-refractivity contribution is 0.395. The second-order valence-electron chi connectivity index (χ2n) is 6.99. The Labute approximate surface area is 128 Å². The van der Waals surface area contributed by atoms with Crippen molar-refractivity contribution in [3.8, 4) is 0 Å². The molecule has 1 saturated heterocycles. The number of fused-ring (bicyclic) bond motifs is 2. The van der Waals surface area contributed by atoms with Gasteiger partial charge in [0.25, 0.3) is 0 Å². The van der Waals surface area contributed by atoms with E-state index in [1.807, 2.05) is 0 Å². The van der Waals surface area contributed by atoms with Crippen LogP contribution in [0.4, 0.5) is 0 Å². The highest BCUT2D eigenvalue weighted by Gasteiger charge is 2.37. The van der Waals surface area contributed by atoms with E-state index in [1.165, 1.54) is 60.3 Å². The summed E-state index contributed by atoms with van der Waals surface area (Å²) in [7, 11) is 0. The van der Waals surface area contributed by atoms with Gasteiger partial charge < -0.3 is 4.90 Å². The van der Waals surface area contributed by atoms with Crippen molar-refractivity contribution in [2.24, 2.45) is 11.8 Å². The summed E-state index contributed by atoms with van der Waals surface area (Å²) in [5, 5.41) is 0. The number of aryl methyl sites for hydroxylation is 1. The van der Waals surface area contributed by atoms with Crippen molar-refractivity contribution in [3.05, 3.63) is 52.7 Å². The molecule has 1 aromatic carbocycles. The molecule has 0 spiro atoms. The van der Waals surface area contributed by atoms with Crippen LogP contribution in [0, 0.1) is 11.8 Å². The number of hydrogen-bond donors (Lipinski definition) is 0. The fraction of sp³-hybridized carbons (Fsp3) is 0.500. The summed E-state index contributed by atoms with van der Waals surface area (Å²) < 4.78 is 0. The van der Waals surface area contributed by atoms with Crippen molar-refractivity contribution in [1.29, 1.82) is 0 Å². The standard InChI is InChI=1S/C20H25N/c1-3-15-6-4-7-16-10-19(11-20(15)16)14(2)21-12-17-8-5-9-18(17)13-21/h4,6-7,11,17-18H,2-3,5,8-10,12-13H2,1H3. The van der Waals surface area contributed by atoms with Crippen LogP contribution in [-0.4, -0.2) is 18.0 Å². The molecular weight excluding hydrogens is 254 g/mol. The SMILES string of the molecule is C=C(C1=Cc2c(CC)cccc2C1)N1CC2CCCC2C1. The van der Waals surface area contributed by atoms with Gasteiger partial charge in [0.15, 0.2) is 0 Å². The molecule has 2 unspecified atom stereocenters. The van der Waals surface area contributed by atoms with E-state index >= 15 is 0 Å². The van der Waals surface area contributed by atoms with Crippen LogP contribution < -0.4 is 0 Å². The van der Waals surface area contributed by atoms with E-state index in [9.17, 15) is 0 Å². The highest BCUT2D eigenvalue weighted by molar-refractivity contribution is 5.70. The van der Waals surface area contributed by atoms with Crippen LogP contribution in [0.25, 0.3) is 6.08 Å². The Balaban J connectivity index is 1.54. The molecule has 0 aromatic heterocycles. The molecule has 21 heavy (non-hydrogen) atoms. The largest absolute Gasteiger partial charge is 0.371 e. The molecule has 2 atom stereocenters. The van der Waals surface area contributed by atoms with Crippen LogP contribution in [0.1, 0.15) is 42.9 Å². The first-order valence-corrected chi connectivity index (χ1v) is 8.52. The lowest BCUT2D eigenvalue weighted by atomic mass is 10.0. The van der Waals surface area contributed by atoms with Crippen LogP contribution >= 0.6 is 0 Å². The maximum atomic E-state index is 4.44. The van der Waals surface area contributed by atoms with Crippen LogP contribution in [0.3, 0.4) is 0 Å². The average molecular weight is 279 g/mol. The van der Waals surface area contributed by atoms with Gasteiger partial charge in [0, 0.05) is 25.2 Å². The second-order valence-corrected chi connectivity index (χ2v) is 6.99. The molecule has 0 radical (unpaired) electrons. The Hall–Kier alpha value is -1.50. The fourth-order valence-corrected chi connectivity index (χ4v) is 4.59. The molecule has 2 aliphatic carbocycles. The summed E-state index contributed by atoms with van der Waals surface area (Å²) in [6.45, 7) is 9.19. The summed E-state index contributed by atoms with van der Waals surface area (Å²) in [6, 6.07) is 6.75. The van der Waals surface area contributed by atoms with Crippen molar-refractivity contribution in [2.75, 3.05) is 13.1 Å². The van der Waals surface area contributed by atoms with Crippen molar-refractivity contribution in [3.63, 3.8) is 0 Å². The first-order chi connectivity index (χ1) is 10.3. The highest BCUT2D eigenvalue weighted by Crippen LogP contribution is 2.41. The Kier molecular flexibility index (Phi) is 3.17. The van der Waals surface area contributed by atoms with Crippen LogP contribution in [0.2, 0.25) is 0 Å². The minimum atomic E-state index is 0.942. The number of likely N-dealkylation sites (tertiary alicyclic amines) is 1. The molecule has 1 aliphatic heterocycles. The maximum absolute atomic E-state index is 4.44. The normalized spacial score (nSPS) is 26.7. The molecule has 1 aromatic rings. The number of nitrogens with zero attached hydrogens (tertiary/aromatic N) is 1. The van der Waals surface area contributed by atoms with E-state index in [0.29, 0.717) is 0 Å². The molecule has 1 saturated carbocycles. The average Bonchev–Trinajstić information content (AvgIpc) is 3.18. The third-order valence-corrected chi connectivity index (χ3v) is 5.85. The quantitative estimate of drug-likeness (QED) is 0.791. The number of benzene rings is 1. The molecule has 1 nitrogen and oxygen atoms in total. The fourth-order valence-electron chi connectivity index (χ4n) is 4.59. The zero-order valence-electron chi connectivity index (χ0n) is 13.1. The lowest BCUT2D eigenvalue weighted by Crippen LogP contribution is -2.21. The highest BCUT2D eigenvalue weighted by atomic mass is 15.2. The van der Waals surface area contributed by atoms with E-state index in [1.54, 1.807) is 0 Å². The number of rotatable bonds is 3. The van der Waals surface area contributed by atoms with Gasteiger partial charge in [-0.3, -0.25) is 0 Å². The van der Waals surface area contributed by atoms with Gasteiger partial charge in [0.2, 0.25) is 0 Å². The molecule has 1 heterocycles. The van der Waals surface area contributed by atoms with Gasteiger partial charge in [-0.1, -0.05) is 38.1 Å². The topological polar surface area (TPSA) is 3.24 Å². The van der Waals surface area contributed by atoms with Crippen molar-refractivity contribution < 1.29 is 0 Å². The number of allylic oxidation sites excluding steroid dienone is 1. The Bertz CT molecular complexity index is 598. The summed E-state index contributed by atoms with van der Waals surface area (Å²) in [5.74, 6) is 1.88. The molecule has 0 bridgehead atoms. The Morgan fingerprint density at radius 2 is 2.00 bits per heavy atom. The third-order valence-electron chi connectivity index (χ3n) is 5.85. The Morgan fingerprint density at radius 1 is 1.24 bits per heavy atom. The molecule has 110 valence electrons. The lowest BCUT2D eigenvalue weighted by Gasteiger charge is -2.23. The molecular formula is C20H25N. The van der Waals surface area contributed by atoms with Crippen molar-refractivity contribution >= 4 is 6.08 Å². The summed E-state index contributed by atoms with van der Waals surface area (Å²) in [6.07, 6.45) is 8.93. The molecule has 2 fully saturated rings. The molecule has 1 heteroatoms. The maximum Gasteiger partial charge on any atom is 0.0329 e. The van der Waals surface area contributed by atoms with Crippen LogP contribution in [-0.2, 0) is 12.8 Å². The second kappa shape index (κ2) is 5.05. The summed E-state index contributed by atoms with van der Waals surface area (Å²) in [4.78, 5) is 2.57. The van der Waals surface area contributed by atoms with Crippen molar-refractivity contribution in [1.82, 2.24) is 4.90 Å². The molecule has 0 amide bonds. The Morgan fingerprint density at radius 3 is 2.71 bits per heavy atom. The minimum Gasteiger partial charge on any atom is -0.371 e. The van der Waals surface area contributed by atoms with E-state index in [-0.39, 0.29) is 0 Å². The minimum absolute atomic E-state index is 0.942. The molecule has 3 aliphatic rings. The smallest absolute Gasteiger partial charge is 0.0329 e. The summed E-state index contributed by atoms with van der Waals surface area (Å²) in [5.41, 5.74) is 7.18. The third kappa shape index (κ3) is 2.14. The van der Waals surface area contributed by atoms with Gasteiger partial charge in [-0.05, 0) is 59.4 Å². The first-order valence-electron chi connectivity index (χ1n) is 8.52. The monoisotopic (exact) mass is 279 g/mol.